The maximum absolute atomic E-state index is 9.79. The largest absolute Gasteiger partial charge is 0.508 e. The predicted octanol–water partition coefficient (Wildman–Crippen LogP) is 2.52. The van der Waals surface area contributed by atoms with Crippen molar-refractivity contribution in [1.29, 1.82) is 0 Å². The molecule has 1 saturated heterocycles. The summed E-state index contributed by atoms with van der Waals surface area (Å²) in [7, 11) is 0. The number of rotatable bonds is 5. The van der Waals surface area contributed by atoms with E-state index in [1.54, 1.807) is 6.07 Å². The molecule has 3 nitrogen and oxygen atoms in total. The summed E-state index contributed by atoms with van der Waals surface area (Å²) >= 11 is 0. The number of phenolic OH excluding ortho intramolecular Hbond substituents is 1. The number of phenols is 1. The van der Waals surface area contributed by atoms with Crippen molar-refractivity contribution in [2.45, 2.75) is 39.8 Å². The van der Waals surface area contributed by atoms with Crippen LogP contribution in [0.25, 0.3) is 0 Å². The van der Waals surface area contributed by atoms with Gasteiger partial charge in [0, 0.05) is 24.7 Å². The molecule has 2 rings (SSSR count). The van der Waals surface area contributed by atoms with Gasteiger partial charge in [-0.1, -0.05) is 17.7 Å². The molecule has 0 radical (unpaired) electrons. The molecule has 3 heteroatoms. The first kappa shape index (κ1) is 14.4. The third kappa shape index (κ3) is 3.95. The Kier molecular flexibility index (Phi) is 4.83. The summed E-state index contributed by atoms with van der Waals surface area (Å²) in [6, 6.07) is 6.43. The summed E-state index contributed by atoms with van der Waals surface area (Å²) in [6.45, 7) is 10.8. The minimum Gasteiger partial charge on any atom is -0.508 e. The van der Waals surface area contributed by atoms with Crippen LogP contribution in [0.15, 0.2) is 18.2 Å². The molecule has 2 N–H and O–H groups in total. The molecule has 1 aromatic carbocycles. The summed E-state index contributed by atoms with van der Waals surface area (Å²) in [4.78, 5) is 2.54. The van der Waals surface area contributed by atoms with Gasteiger partial charge in [-0.25, -0.2) is 0 Å². The minimum absolute atomic E-state index is 0.397. The number of likely N-dealkylation sites (tertiary alicyclic amines) is 1. The predicted molar refractivity (Wildman–Crippen MR) is 79.4 cm³/mol. The van der Waals surface area contributed by atoms with Gasteiger partial charge in [-0.3, -0.25) is 0 Å². The molecule has 1 atom stereocenters. The highest BCUT2D eigenvalue weighted by Crippen LogP contribution is 2.20. The second kappa shape index (κ2) is 6.40. The molecular weight excluding hydrogens is 236 g/mol. The SMILES string of the molecule is Cc1ccc(O)c(CNCC2CCN(C(C)C)C2)c1. The maximum Gasteiger partial charge on any atom is 0.120 e. The molecule has 1 aliphatic rings. The number of aromatic hydroxyl groups is 1. The average molecular weight is 262 g/mol. The fourth-order valence-corrected chi connectivity index (χ4v) is 2.77. The first-order chi connectivity index (χ1) is 9.06. The number of nitrogens with zero attached hydrogens (tertiary/aromatic N) is 1. The van der Waals surface area contributed by atoms with Crippen molar-refractivity contribution in [2.75, 3.05) is 19.6 Å². The van der Waals surface area contributed by atoms with E-state index in [0.29, 0.717) is 11.8 Å². The van der Waals surface area contributed by atoms with E-state index in [2.05, 4.69) is 37.1 Å². The third-order valence-corrected chi connectivity index (χ3v) is 4.03. The maximum atomic E-state index is 9.79. The van der Waals surface area contributed by atoms with Crippen LogP contribution < -0.4 is 5.32 Å². The summed E-state index contributed by atoms with van der Waals surface area (Å²) in [5, 5.41) is 13.3. The molecule has 1 heterocycles. The van der Waals surface area contributed by atoms with Gasteiger partial charge in [0.25, 0.3) is 0 Å². The first-order valence-electron chi connectivity index (χ1n) is 7.29. The summed E-state index contributed by atoms with van der Waals surface area (Å²) < 4.78 is 0. The lowest BCUT2D eigenvalue weighted by Crippen LogP contribution is -2.30. The van der Waals surface area contributed by atoms with Crippen molar-refractivity contribution in [3.05, 3.63) is 29.3 Å². The van der Waals surface area contributed by atoms with Crippen molar-refractivity contribution in [1.82, 2.24) is 10.2 Å². The van der Waals surface area contributed by atoms with Crippen LogP contribution in [0.5, 0.6) is 5.75 Å². The summed E-state index contributed by atoms with van der Waals surface area (Å²) in [5.41, 5.74) is 2.19. The lowest BCUT2D eigenvalue weighted by Gasteiger charge is -2.20. The van der Waals surface area contributed by atoms with E-state index in [9.17, 15) is 5.11 Å². The van der Waals surface area contributed by atoms with Gasteiger partial charge in [0.05, 0.1) is 0 Å². The van der Waals surface area contributed by atoms with Gasteiger partial charge >= 0.3 is 0 Å². The zero-order valence-corrected chi connectivity index (χ0v) is 12.3. The van der Waals surface area contributed by atoms with E-state index in [1.807, 2.05) is 6.07 Å². The number of hydrogen-bond acceptors (Lipinski definition) is 3. The van der Waals surface area contributed by atoms with E-state index in [4.69, 9.17) is 0 Å². The highest BCUT2D eigenvalue weighted by atomic mass is 16.3. The Morgan fingerprint density at radius 1 is 1.42 bits per heavy atom. The van der Waals surface area contributed by atoms with E-state index >= 15 is 0 Å². The lowest BCUT2D eigenvalue weighted by atomic mass is 10.1. The van der Waals surface area contributed by atoms with Gasteiger partial charge in [0.2, 0.25) is 0 Å². The fraction of sp³-hybridized carbons (Fsp3) is 0.625. The Bertz CT molecular complexity index is 417. The Balaban J connectivity index is 1.77. The van der Waals surface area contributed by atoms with Crippen LogP contribution in [0.1, 0.15) is 31.4 Å². The molecule has 0 spiro atoms. The molecule has 0 bridgehead atoms. The van der Waals surface area contributed by atoms with Gasteiger partial charge in [0.1, 0.15) is 5.75 Å². The van der Waals surface area contributed by atoms with Crippen LogP contribution in [0.4, 0.5) is 0 Å². The Morgan fingerprint density at radius 3 is 2.89 bits per heavy atom. The first-order valence-corrected chi connectivity index (χ1v) is 7.29. The Hall–Kier alpha value is -1.06. The zero-order valence-electron chi connectivity index (χ0n) is 12.3. The lowest BCUT2D eigenvalue weighted by molar-refractivity contribution is 0.264. The van der Waals surface area contributed by atoms with Crippen LogP contribution in [0.2, 0.25) is 0 Å². The third-order valence-electron chi connectivity index (χ3n) is 4.03. The molecule has 0 amide bonds. The second-order valence-electron chi connectivity index (χ2n) is 6.01. The van der Waals surface area contributed by atoms with Gasteiger partial charge in [0.15, 0.2) is 0 Å². The van der Waals surface area contributed by atoms with E-state index in [0.717, 1.165) is 24.6 Å². The van der Waals surface area contributed by atoms with Gasteiger partial charge in [-0.05, 0) is 52.3 Å². The van der Waals surface area contributed by atoms with Crippen LogP contribution in [-0.4, -0.2) is 35.7 Å². The fourth-order valence-electron chi connectivity index (χ4n) is 2.77. The molecule has 19 heavy (non-hydrogen) atoms. The minimum atomic E-state index is 0.397. The number of aryl methyl sites for hydroxylation is 1. The van der Waals surface area contributed by atoms with Crippen LogP contribution in [0, 0.1) is 12.8 Å². The van der Waals surface area contributed by atoms with Crippen LogP contribution in [0.3, 0.4) is 0 Å². The van der Waals surface area contributed by atoms with Crippen LogP contribution in [-0.2, 0) is 6.54 Å². The number of benzene rings is 1. The van der Waals surface area contributed by atoms with Crippen molar-refractivity contribution in [2.24, 2.45) is 5.92 Å². The highest BCUT2D eigenvalue weighted by molar-refractivity contribution is 5.35. The summed E-state index contributed by atoms with van der Waals surface area (Å²) in [5.74, 6) is 1.14. The molecule has 1 fully saturated rings. The van der Waals surface area contributed by atoms with E-state index in [-0.39, 0.29) is 0 Å². The number of nitrogens with one attached hydrogen (secondary N) is 1. The standard InChI is InChI=1S/C16H26N2O/c1-12(2)18-7-6-14(11-18)9-17-10-15-8-13(3)4-5-16(15)19/h4-5,8,12,14,17,19H,6-7,9-11H2,1-3H3. The molecule has 0 saturated carbocycles. The quantitative estimate of drug-likeness (QED) is 0.856. The Morgan fingerprint density at radius 2 is 2.21 bits per heavy atom. The normalized spacial score (nSPS) is 20.3. The highest BCUT2D eigenvalue weighted by Gasteiger charge is 2.23. The van der Waals surface area contributed by atoms with Crippen molar-refractivity contribution in [3.8, 4) is 5.75 Å². The topological polar surface area (TPSA) is 35.5 Å². The van der Waals surface area contributed by atoms with Crippen LogP contribution >= 0.6 is 0 Å². The monoisotopic (exact) mass is 262 g/mol. The van der Waals surface area contributed by atoms with Crippen molar-refractivity contribution >= 4 is 0 Å². The average Bonchev–Trinajstić information content (AvgIpc) is 2.82. The molecule has 1 aliphatic heterocycles. The Labute approximate surface area is 116 Å². The summed E-state index contributed by atoms with van der Waals surface area (Å²) in [6.07, 6.45) is 1.28. The smallest absolute Gasteiger partial charge is 0.120 e. The zero-order chi connectivity index (χ0) is 13.8. The molecule has 1 unspecified atom stereocenters. The van der Waals surface area contributed by atoms with E-state index < -0.39 is 0 Å². The molecule has 106 valence electrons. The molecular formula is C16H26N2O. The molecule has 0 aliphatic carbocycles. The molecule has 0 aromatic heterocycles. The molecule has 1 aromatic rings. The van der Waals surface area contributed by atoms with Crippen molar-refractivity contribution in [3.63, 3.8) is 0 Å². The van der Waals surface area contributed by atoms with Gasteiger partial charge in [-0.15, -0.1) is 0 Å². The van der Waals surface area contributed by atoms with E-state index in [1.165, 1.54) is 25.1 Å². The van der Waals surface area contributed by atoms with Gasteiger partial charge < -0.3 is 15.3 Å². The van der Waals surface area contributed by atoms with Gasteiger partial charge in [-0.2, -0.15) is 0 Å². The van der Waals surface area contributed by atoms with Crippen molar-refractivity contribution < 1.29 is 5.11 Å². The second-order valence-corrected chi connectivity index (χ2v) is 6.01. The number of hydrogen-bond donors (Lipinski definition) is 2.